The second kappa shape index (κ2) is 6.90. The second-order valence-corrected chi connectivity index (χ2v) is 6.89. The van der Waals surface area contributed by atoms with Gasteiger partial charge in [0.05, 0.1) is 23.1 Å². The highest BCUT2D eigenvalue weighted by molar-refractivity contribution is 6.09. The molecular formula is C21H19N5O3. The molecule has 1 fully saturated rings. The van der Waals surface area contributed by atoms with E-state index >= 15 is 0 Å². The Hall–Kier alpha value is -3.94. The van der Waals surface area contributed by atoms with E-state index in [0.29, 0.717) is 16.3 Å². The van der Waals surface area contributed by atoms with Crippen molar-refractivity contribution in [3.05, 3.63) is 83.7 Å². The molecule has 0 spiro atoms. The largest absolute Gasteiger partial charge is 0.344 e. The van der Waals surface area contributed by atoms with Crippen LogP contribution in [0.25, 0.3) is 5.69 Å². The van der Waals surface area contributed by atoms with E-state index in [4.69, 9.17) is 0 Å². The van der Waals surface area contributed by atoms with Gasteiger partial charge < -0.3 is 5.32 Å². The van der Waals surface area contributed by atoms with Crippen LogP contribution in [0.15, 0.2) is 66.9 Å². The number of hydrazine groups is 1. The van der Waals surface area contributed by atoms with Crippen molar-refractivity contribution in [1.29, 1.82) is 0 Å². The first-order valence-electron chi connectivity index (χ1n) is 9.05. The van der Waals surface area contributed by atoms with Gasteiger partial charge in [-0.1, -0.05) is 48.5 Å². The summed E-state index contributed by atoms with van der Waals surface area (Å²) < 4.78 is 1.62. The van der Waals surface area contributed by atoms with Gasteiger partial charge in [0.1, 0.15) is 5.54 Å². The van der Waals surface area contributed by atoms with E-state index in [-0.39, 0.29) is 5.56 Å². The predicted octanol–water partition coefficient (Wildman–Crippen LogP) is 2.29. The standard InChI is InChI=1S/C21H19N5O3/c1-14-17(13-22-25(14)16-11-7-4-8-12-16)18(27)24-26-19(28)21(2,23-20(26)29)15-9-5-3-6-10-15/h3-13H,1-2H3,(H,23,29)(H,24,27). The number of rotatable bonds is 4. The van der Waals surface area contributed by atoms with E-state index in [2.05, 4.69) is 15.8 Å². The zero-order chi connectivity index (χ0) is 20.6. The lowest BCUT2D eigenvalue weighted by molar-refractivity contribution is -0.132. The van der Waals surface area contributed by atoms with E-state index in [1.165, 1.54) is 6.20 Å². The molecule has 2 N–H and O–H groups in total. The molecule has 1 saturated heterocycles. The number of nitrogens with zero attached hydrogens (tertiary/aromatic N) is 3. The number of imide groups is 1. The first kappa shape index (κ1) is 18.4. The van der Waals surface area contributed by atoms with Crippen LogP contribution in [0.5, 0.6) is 0 Å². The molecular weight excluding hydrogens is 370 g/mol. The molecule has 146 valence electrons. The van der Waals surface area contributed by atoms with Crippen LogP contribution in [0.1, 0.15) is 28.5 Å². The van der Waals surface area contributed by atoms with Gasteiger partial charge in [-0.15, -0.1) is 0 Å². The van der Waals surface area contributed by atoms with E-state index in [1.54, 1.807) is 42.8 Å². The quantitative estimate of drug-likeness (QED) is 0.669. The molecule has 1 aromatic heterocycles. The van der Waals surface area contributed by atoms with Gasteiger partial charge in [-0.05, 0) is 31.5 Å². The molecule has 0 aliphatic carbocycles. The maximum Gasteiger partial charge on any atom is 0.344 e. The summed E-state index contributed by atoms with van der Waals surface area (Å²) in [7, 11) is 0. The maximum atomic E-state index is 12.9. The van der Waals surface area contributed by atoms with Crippen molar-refractivity contribution in [1.82, 2.24) is 25.5 Å². The highest BCUT2D eigenvalue weighted by atomic mass is 16.2. The number of benzene rings is 2. The Labute approximate surface area is 167 Å². The third-order valence-electron chi connectivity index (χ3n) is 5.01. The number of urea groups is 1. The van der Waals surface area contributed by atoms with Crippen molar-refractivity contribution in [3.63, 3.8) is 0 Å². The van der Waals surface area contributed by atoms with E-state index < -0.39 is 23.4 Å². The minimum atomic E-state index is -1.26. The number of amides is 4. The summed E-state index contributed by atoms with van der Waals surface area (Å²) in [5.74, 6) is -1.15. The minimum Gasteiger partial charge on any atom is -0.318 e. The summed E-state index contributed by atoms with van der Waals surface area (Å²) in [6, 6.07) is 17.5. The van der Waals surface area contributed by atoms with Gasteiger partial charge >= 0.3 is 6.03 Å². The molecule has 2 heterocycles. The topological polar surface area (TPSA) is 96.3 Å². The number of para-hydroxylation sites is 1. The van der Waals surface area contributed by atoms with E-state index in [0.717, 1.165) is 5.69 Å². The normalized spacial score (nSPS) is 18.6. The van der Waals surface area contributed by atoms with Crippen molar-refractivity contribution in [2.24, 2.45) is 0 Å². The fourth-order valence-electron chi connectivity index (χ4n) is 3.33. The van der Waals surface area contributed by atoms with Crippen molar-refractivity contribution in [2.75, 3.05) is 0 Å². The first-order valence-corrected chi connectivity index (χ1v) is 9.05. The molecule has 0 radical (unpaired) electrons. The highest BCUT2D eigenvalue weighted by Crippen LogP contribution is 2.27. The van der Waals surface area contributed by atoms with Crippen LogP contribution in [-0.2, 0) is 10.3 Å². The molecule has 0 bridgehead atoms. The third-order valence-corrected chi connectivity index (χ3v) is 5.01. The zero-order valence-electron chi connectivity index (χ0n) is 15.9. The first-order chi connectivity index (χ1) is 13.9. The second-order valence-electron chi connectivity index (χ2n) is 6.89. The van der Waals surface area contributed by atoms with Crippen LogP contribution in [0.3, 0.4) is 0 Å². The van der Waals surface area contributed by atoms with Gasteiger partial charge in [-0.2, -0.15) is 10.1 Å². The van der Waals surface area contributed by atoms with Crippen LogP contribution < -0.4 is 10.7 Å². The fraction of sp³-hybridized carbons (Fsp3) is 0.143. The van der Waals surface area contributed by atoms with Crippen molar-refractivity contribution in [3.8, 4) is 5.69 Å². The van der Waals surface area contributed by atoms with Crippen LogP contribution in [0.4, 0.5) is 4.79 Å². The molecule has 1 unspecified atom stereocenters. The van der Waals surface area contributed by atoms with Crippen molar-refractivity contribution < 1.29 is 14.4 Å². The van der Waals surface area contributed by atoms with E-state index in [9.17, 15) is 14.4 Å². The Morgan fingerprint density at radius 3 is 2.31 bits per heavy atom. The van der Waals surface area contributed by atoms with Crippen LogP contribution >= 0.6 is 0 Å². The van der Waals surface area contributed by atoms with Crippen LogP contribution in [0, 0.1) is 6.92 Å². The van der Waals surface area contributed by atoms with Crippen molar-refractivity contribution in [2.45, 2.75) is 19.4 Å². The van der Waals surface area contributed by atoms with Gasteiger partial charge in [-0.3, -0.25) is 15.0 Å². The molecule has 8 nitrogen and oxygen atoms in total. The van der Waals surface area contributed by atoms with Gasteiger partial charge in [0.25, 0.3) is 11.8 Å². The maximum absolute atomic E-state index is 12.9. The number of carbonyl (C=O) groups excluding carboxylic acids is 3. The fourth-order valence-corrected chi connectivity index (χ4v) is 3.33. The Balaban J connectivity index is 1.57. The lowest BCUT2D eigenvalue weighted by Crippen LogP contribution is -2.48. The molecule has 4 rings (SSSR count). The Morgan fingerprint density at radius 2 is 1.66 bits per heavy atom. The number of hydrogen-bond donors (Lipinski definition) is 2. The Bertz CT molecular complexity index is 1090. The molecule has 4 amide bonds. The lowest BCUT2D eigenvalue weighted by Gasteiger charge is -2.22. The smallest absolute Gasteiger partial charge is 0.318 e. The molecule has 1 atom stereocenters. The molecule has 1 aliphatic heterocycles. The SMILES string of the molecule is Cc1c(C(=O)NN2C(=O)NC(C)(c3ccccc3)C2=O)cnn1-c1ccccc1. The summed E-state index contributed by atoms with van der Waals surface area (Å²) >= 11 is 0. The van der Waals surface area contributed by atoms with E-state index in [1.807, 2.05) is 36.4 Å². The van der Waals surface area contributed by atoms with Gasteiger partial charge in [-0.25, -0.2) is 9.48 Å². The summed E-state index contributed by atoms with van der Waals surface area (Å²) in [6.45, 7) is 3.35. The molecule has 0 saturated carbocycles. The molecule has 29 heavy (non-hydrogen) atoms. The summed E-state index contributed by atoms with van der Waals surface area (Å²) in [5.41, 5.74) is 3.44. The summed E-state index contributed by atoms with van der Waals surface area (Å²) in [5, 5.41) is 7.62. The van der Waals surface area contributed by atoms with Crippen molar-refractivity contribution >= 4 is 17.8 Å². The van der Waals surface area contributed by atoms with Gasteiger partial charge in [0.15, 0.2) is 0 Å². The minimum absolute atomic E-state index is 0.266. The predicted molar refractivity (Wildman–Crippen MR) is 105 cm³/mol. The zero-order valence-corrected chi connectivity index (χ0v) is 15.9. The van der Waals surface area contributed by atoms with Crippen LogP contribution in [0.2, 0.25) is 0 Å². The lowest BCUT2D eigenvalue weighted by atomic mass is 9.92. The number of carbonyl (C=O) groups is 3. The highest BCUT2D eigenvalue weighted by Gasteiger charge is 2.50. The molecule has 1 aliphatic rings. The average molecular weight is 389 g/mol. The molecule has 2 aromatic carbocycles. The average Bonchev–Trinajstić information content (AvgIpc) is 3.22. The van der Waals surface area contributed by atoms with Crippen LogP contribution in [-0.4, -0.2) is 32.6 Å². The monoisotopic (exact) mass is 389 g/mol. The number of aromatic nitrogens is 2. The summed E-state index contributed by atoms with van der Waals surface area (Å²) in [4.78, 5) is 38.1. The molecule has 3 aromatic rings. The Morgan fingerprint density at radius 1 is 1.03 bits per heavy atom. The molecule has 8 heteroatoms. The number of nitrogens with one attached hydrogen (secondary N) is 2. The summed E-state index contributed by atoms with van der Waals surface area (Å²) in [6.07, 6.45) is 1.41. The third kappa shape index (κ3) is 3.04. The van der Waals surface area contributed by atoms with Gasteiger partial charge in [0, 0.05) is 0 Å². The Kier molecular flexibility index (Phi) is 4.38. The number of hydrogen-bond acceptors (Lipinski definition) is 4. The van der Waals surface area contributed by atoms with Gasteiger partial charge in [0.2, 0.25) is 0 Å².